The van der Waals surface area contributed by atoms with Gasteiger partial charge in [-0.1, -0.05) is 65.5 Å². The molecule has 0 saturated carbocycles. The second kappa shape index (κ2) is 14.7. The molecule has 2 rings (SSSR count). The van der Waals surface area contributed by atoms with E-state index < -0.39 is 0 Å². The van der Waals surface area contributed by atoms with Gasteiger partial charge in [-0.3, -0.25) is 0 Å². The Morgan fingerprint density at radius 3 is 1.52 bits per heavy atom. The van der Waals surface area contributed by atoms with Gasteiger partial charge in [0.1, 0.15) is 0 Å². The SMILES string of the molecule is CCCC[N+](CCCC)(CCCC)CCCC.[c-]1cccc2ccccc12. The summed E-state index contributed by atoms with van der Waals surface area (Å²) >= 11 is 0. The first-order chi connectivity index (χ1) is 13.2. The average Bonchev–Trinajstić information content (AvgIpc) is 2.73. The third-order valence-corrected chi connectivity index (χ3v) is 5.52. The van der Waals surface area contributed by atoms with Crippen LogP contribution in [-0.4, -0.2) is 30.7 Å². The molecule has 2 aromatic rings. The van der Waals surface area contributed by atoms with E-state index in [4.69, 9.17) is 0 Å². The van der Waals surface area contributed by atoms with Crippen LogP contribution in [0.4, 0.5) is 0 Å². The molecule has 0 spiro atoms. The maximum atomic E-state index is 3.15. The van der Waals surface area contributed by atoms with Gasteiger partial charge >= 0.3 is 0 Å². The average molecular weight is 370 g/mol. The molecular formula is C26H43N. The van der Waals surface area contributed by atoms with Crippen LogP contribution in [0.15, 0.2) is 42.5 Å². The Hall–Kier alpha value is -1.34. The van der Waals surface area contributed by atoms with E-state index in [1.54, 1.807) is 0 Å². The lowest BCUT2D eigenvalue weighted by Gasteiger charge is -2.39. The zero-order valence-corrected chi connectivity index (χ0v) is 18.5. The summed E-state index contributed by atoms with van der Waals surface area (Å²) in [5.74, 6) is 0. The second-order valence-corrected chi connectivity index (χ2v) is 7.91. The molecule has 152 valence electrons. The molecule has 0 saturated heterocycles. The standard InChI is InChI=1S/C16H36N.C10H7/c1-5-9-13-17(14-10-6-2,15-11-7-3)16-12-8-4;1-2-6-10-8-4-3-7-9(10)5-1/h5-16H2,1-4H3;1-7H/q+1;-1. The minimum Gasteiger partial charge on any atom is -0.324 e. The van der Waals surface area contributed by atoms with Crippen LogP contribution in [0.25, 0.3) is 10.8 Å². The Morgan fingerprint density at radius 2 is 1.07 bits per heavy atom. The summed E-state index contributed by atoms with van der Waals surface area (Å²) in [5.41, 5.74) is 0. The number of rotatable bonds is 12. The highest BCUT2D eigenvalue weighted by Crippen LogP contribution is 2.16. The van der Waals surface area contributed by atoms with Gasteiger partial charge in [0.05, 0.1) is 26.2 Å². The second-order valence-electron chi connectivity index (χ2n) is 7.91. The molecule has 0 aliphatic heterocycles. The molecule has 0 aliphatic rings. The van der Waals surface area contributed by atoms with E-state index in [9.17, 15) is 0 Å². The minimum absolute atomic E-state index is 1.19. The molecule has 0 heterocycles. The van der Waals surface area contributed by atoms with Crippen LogP contribution in [-0.2, 0) is 0 Å². The summed E-state index contributed by atoms with van der Waals surface area (Å²) in [4.78, 5) is 0. The Balaban J connectivity index is 0.000000303. The van der Waals surface area contributed by atoms with Crippen LogP contribution in [0.5, 0.6) is 0 Å². The molecule has 0 aliphatic carbocycles. The Kier molecular flexibility index (Phi) is 12.9. The van der Waals surface area contributed by atoms with Gasteiger partial charge < -0.3 is 4.48 Å². The van der Waals surface area contributed by atoms with E-state index in [1.807, 2.05) is 24.3 Å². The normalized spacial score (nSPS) is 11.3. The van der Waals surface area contributed by atoms with Crippen LogP contribution < -0.4 is 0 Å². The summed E-state index contributed by atoms with van der Waals surface area (Å²) in [6, 6.07) is 17.4. The molecule has 0 unspecified atom stereocenters. The van der Waals surface area contributed by atoms with E-state index in [0.29, 0.717) is 0 Å². The molecule has 0 N–H and O–H groups in total. The van der Waals surface area contributed by atoms with Crippen LogP contribution in [0.3, 0.4) is 0 Å². The van der Waals surface area contributed by atoms with Crippen molar-refractivity contribution in [3.8, 4) is 0 Å². The fourth-order valence-electron chi connectivity index (χ4n) is 3.71. The van der Waals surface area contributed by atoms with E-state index in [1.165, 1.54) is 92.8 Å². The van der Waals surface area contributed by atoms with Crippen LogP contribution in [0.1, 0.15) is 79.1 Å². The van der Waals surface area contributed by atoms with Crippen molar-refractivity contribution in [1.82, 2.24) is 0 Å². The fraction of sp³-hybridized carbons (Fsp3) is 0.615. The first kappa shape index (κ1) is 23.7. The van der Waals surface area contributed by atoms with Crippen molar-refractivity contribution in [2.75, 3.05) is 26.2 Å². The van der Waals surface area contributed by atoms with Crippen molar-refractivity contribution in [3.05, 3.63) is 48.5 Å². The number of quaternary nitrogens is 1. The largest absolute Gasteiger partial charge is 0.324 e. The lowest BCUT2D eigenvalue weighted by atomic mass is 10.1. The van der Waals surface area contributed by atoms with Crippen molar-refractivity contribution in [1.29, 1.82) is 0 Å². The molecule has 0 radical (unpaired) electrons. The number of nitrogens with zero attached hydrogens (tertiary/aromatic N) is 1. The predicted molar refractivity (Wildman–Crippen MR) is 122 cm³/mol. The fourth-order valence-corrected chi connectivity index (χ4v) is 3.71. The molecule has 27 heavy (non-hydrogen) atoms. The molecule has 0 atom stereocenters. The van der Waals surface area contributed by atoms with Crippen LogP contribution >= 0.6 is 0 Å². The molecule has 0 aromatic heterocycles. The monoisotopic (exact) mass is 369 g/mol. The summed E-state index contributed by atoms with van der Waals surface area (Å²) < 4.78 is 1.42. The first-order valence-electron chi connectivity index (χ1n) is 11.4. The van der Waals surface area contributed by atoms with E-state index in [-0.39, 0.29) is 0 Å². The van der Waals surface area contributed by atoms with Gasteiger partial charge in [0.25, 0.3) is 0 Å². The van der Waals surface area contributed by atoms with Gasteiger partial charge in [-0.2, -0.15) is 0 Å². The third-order valence-electron chi connectivity index (χ3n) is 5.52. The molecule has 1 nitrogen and oxygen atoms in total. The van der Waals surface area contributed by atoms with Gasteiger partial charge in [0.15, 0.2) is 0 Å². The van der Waals surface area contributed by atoms with Crippen molar-refractivity contribution in [2.24, 2.45) is 0 Å². The zero-order valence-electron chi connectivity index (χ0n) is 18.5. The van der Waals surface area contributed by atoms with Crippen LogP contribution in [0.2, 0.25) is 0 Å². The summed E-state index contributed by atoms with van der Waals surface area (Å²) in [7, 11) is 0. The lowest BCUT2D eigenvalue weighted by Crippen LogP contribution is -2.50. The third kappa shape index (κ3) is 9.42. The van der Waals surface area contributed by atoms with Gasteiger partial charge in [-0.15, -0.1) is 47.2 Å². The van der Waals surface area contributed by atoms with E-state index in [0.717, 1.165) is 0 Å². The highest BCUT2D eigenvalue weighted by atomic mass is 15.3. The highest BCUT2D eigenvalue weighted by molar-refractivity contribution is 5.81. The summed E-state index contributed by atoms with van der Waals surface area (Å²) in [5, 5.41) is 2.44. The lowest BCUT2D eigenvalue weighted by molar-refractivity contribution is -0.929. The number of hydrogen-bond donors (Lipinski definition) is 0. The Morgan fingerprint density at radius 1 is 0.630 bits per heavy atom. The van der Waals surface area contributed by atoms with Gasteiger partial charge in [-0.25, -0.2) is 0 Å². The van der Waals surface area contributed by atoms with Crippen molar-refractivity contribution in [3.63, 3.8) is 0 Å². The smallest absolute Gasteiger partial charge is 0.0786 e. The highest BCUT2D eigenvalue weighted by Gasteiger charge is 2.24. The Bertz CT molecular complexity index is 487. The molecule has 1 heteroatoms. The molecule has 0 fully saturated rings. The van der Waals surface area contributed by atoms with Gasteiger partial charge in [0.2, 0.25) is 0 Å². The topological polar surface area (TPSA) is 0 Å². The molecule has 2 aromatic carbocycles. The van der Waals surface area contributed by atoms with Crippen molar-refractivity contribution >= 4 is 10.8 Å². The summed E-state index contributed by atoms with van der Waals surface area (Å²) in [6.45, 7) is 15.0. The number of fused-ring (bicyclic) bond motifs is 1. The number of benzene rings is 2. The van der Waals surface area contributed by atoms with E-state index >= 15 is 0 Å². The number of hydrogen-bond acceptors (Lipinski definition) is 0. The number of unbranched alkanes of at least 4 members (excludes halogenated alkanes) is 4. The molecule has 0 bridgehead atoms. The van der Waals surface area contributed by atoms with Gasteiger partial charge in [-0.05, 0) is 25.7 Å². The zero-order chi connectivity index (χ0) is 19.8. The summed E-state index contributed by atoms with van der Waals surface area (Å²) in [6.07, 6.45) is 11.1. The minimum atomic E-state index is 1.19. The van der Waals surface area contributed by atoms with E-state index in [2.05, 4.69) is 52.0 Å². The maximum Gasteiger partial charge on any atom is 0.0786 e. The predicted octanol–water partition coefficient (Wildman–Crippen LogP) is 7.64. The van der Waals surface area contributed by atoms with Gasteiger partial charge in [0, 0.05) is 0 Å². The molecular weight excluding hydrogens is 326 g/mol. The first-order valence-corrected chi connectivity index (χ1v) is 11.4. The van der Waals surface area contributed by atoms with Crippen LogP contribution in [0, 0.1) is 6.07 Å². The van der Waals surface area contributed by atoms with Crippen molar-refractivity contribution in [2.45, 2.75) is 79.1 Å². The maximum absolute atomic E-state index is 3.15. The Labute approximate surface area is 169 Å². The quantitative estimate of drug-likeness (QED) is 0.266. The van der Waals surface area contributed by atoms with Crippen molar-refractivity contribution < 1.29 is 4.48 Å². The molecule has 0 amide bonds.